The Kier molecular flexibility index (Phi) is 3.27. The molecule has 0 bridgehead atoms. The summed E-state index contributed by atoms with van der Waals surface area (Å²) in [5, 5.41) is 0. The van der Waals surface area contributed by atoms with Crippen molar-refractivity contribution in [2.24, 2.45) is 0 Å². The van der Waals surface area contributed by atoms with E-state index in [9.17, 15) is 4.79 Å². The smallest absolute Gasteiger partial charge is 0.257 e. The van der Waals surface area contributed by atoms with Gasteiger partial charge in [-0.3, -0.25) is 4.79 Å². The molecule has 0 saturated carbocycles. The van der Waals surface area contributed by atoms with E-state index in [1.54, 1.807) is 36.7 Å². The first-order chi connectivity index (χ1) is 8.22. The topological polar surface area (TPSA) is 62.1 Å². The van der Waals surface area contributed by atoms with Gasteiger partial charge in [-0.05, 0) is 6.07 Å². The van der Waals surface area contributed by atoms with Crippen LogP contribution in [0.15, 0.2) is 29.1 Å². The van der Waals surface area contributed by atoms with Gasteiger partial charge >= 0.3 is 0 Å². The third kappa shape index (κ3) is 2.38. The number of aromatic amines is 1. The SMILES string of the molecule is CCc1occc1C(=O)N(C)Cc1ncc[nH]1. The molecule has 1 amide bonds. The standard InChI is InChI=1S/C12H15N3O2/c1-3-10-9(4-7-17-10)12(16)15(2)8-11-13-5-6-14-11/h4-7H,3,8H2,1-2H3,(H,13,14). The Morgan fingerprint density at radius 1 is 1.59 bits per heavy atom. The zero-order chi connectivity index (χ0) is 12.3. The summed E-state index contributed by atoms with van der Waals surface area (Å²) in [4.78, 5) is 20.8. The predicted molar refractivity (Wildman–Crippen MR) is 62.5 cm³/mol. The van der Waals surface area contributed by atoms with Crippen LogP contribution in [0.5, 0.6) is 0 Å². The molecule has 2 aromatic heterocycles. The van der Waals surface area contributed by atoms with E-state index in [1.807, 2.05) is 6.92 Å². The van der Waals surface area contributed by atoms with E-state index in [0.29, 0.717) is 18.5 Å². The normalized spacial score (nSPS) is 10.5. The van der Waals surface area contributed by atoms with E-state index in [0.717, 1.165) is 11.6 Å². The number of hydrogen-bond donors (Lipinski definition) is 1. The van der Waals surface area contributed by atoms with Crippen molar-refractivity contribution < 1.29 is 9.21 Å². The van der Waals surface area contributed by atoms with Crippen LogP contribution in [-0.2, 0) is 13.0 Å². The number of furan rings is 1. The second-order valence-corrected chi connectivity index (χ2v) is 3.81. The minimum absolute atomic E-state index is 0.0491. The summed E-state index contributed by atoms with van der Waals surface area (Å²) in [5.41, 5.74) is 0.626. The van der Waals surface area contributed by atoms with E-state index < -0.39 is 0 Å². The van der Waals surface area contributed by atoms with Crippen molar-refractivity contribution in [1.29, 1.82) is 0 Å². The molecule has 0 aliphatic rings. The molecule has 0 aliphatic heterocycles. The molecule has 2 aromatic rings. The zero-order valence-electron chi connectivity index (χ0n) is 9.93. The quantitative estimate of drug-likeness (QED) is 0.876. The number of H-pyrrole nitrogens is 1. The summed E-state index contributed by atoms with van der Waals surface area (Å²) in [6, 6.07) is 1.71. The van der Waals surface area contributed by atoms with Crippen LogP contribution in [-0.4, -0.2) is 27.8 Å². The Morgan fingerprint density at radius 2 is 2.41 bits per heavy atom. The van der Waals surface area contributed by atoms with Crippen LogP contribution >= 0.6 is 0 Å². The fourth-order valence-electron chi connectivity index (χ4n) is 1.69. The molecule has 1 N–H and O–H groups in total. The molecular weight excluding hydrogens is 218 g/mol. The highest BCUT2D eigenvalue weighted by atomic mass is 16.3. The van der Waals surface area contributed by atoms with Crippen LogP contribution in [0.4, 0.5) is 0 Å². The minimum atomic E-state index is -0.0491. The molecule has 5 nitrogen and oxygen atoms in total. The van der Waals surface area contributed by atoms with Crippen molar-refractivity contribution in [3.05, 3.63) is 41.9 Å². The third-order valence-electron chi connectivity index (χ3n) is 2.59. The second kappa shape index (κ2) is 4.86. The molecule has 2 heterocycles. The Bertz CT molecular complexity index is 488. The van der Waals surface area contributed by atoms with Crippen LogP contribution in [0.2, 0.25) is 0 Å². The number of carbonyl (C=O) groups is 1. The number of hydrogen-bond acceptors (Lipinski definition) is 3. The molecule has 0 aliphatic carbocycles. The first-order valence-corrected chi connectivity index (χ1v) is 5.52. The predicted octanol–water partition coefficient (Wildman–Crippen LogP) is 1.84. The van der Waals surface area contributed by atoms with Crippen molar-refractivity contribution in [2.45, 2.75) is 19.9 Å². The van der Waals surface area contributed by atoms with Crippen LogP contribution in [0.25, 0.3) is 0 Å². The van der Waals surface area contributed by atoms with Gasteiger partial charge in [-0.2, -0.15) is 0 Å². The van der Waals surface area contributed by atoms with Crippen LogP contribution < -0.4 is 0 Å². The van der Waals surface area contributed by atoms with Gasteiger partial charge < -0.3 is 14.3 Å². The van der Waals surface area contributed by atoms with Crippen molar-refractivity contribution in [3.63, 3.8) is 0 Å². The molecule has 0 fully saturated rings. The Morgan fingerprint density at radius 3 is 3.06 bits per heavy atom. The van der Waals surface area contributed by atoms with Gasteiger partial charge in [-0.25, -0.2) is 4.98 Å². The summed E-state index contributed by atoms with van der Waals surface area (Å²) in [7, 11) is 1.75. The number of imidazole rings is 1. The number of carbonyl (C=O) groups excluding carboxylic acids is 1. The molecule has 5 heteroatoms. The van der Waals surface area contributed by atoms with Gasteiger partial charge in [0.15, 0.2) is 0 Å². The Labute approximate surface area is 99.5 Å². The molecule has 0 aromatic carbocycles. The average Bonchev–Trinajstić information content (AvgIpc) is 2.97. The lowest BCUT2D eigenvalue weighted by molar-refractivity contribution is 0.0779. The Hall–Kier alpha value is -2.04. The van der Waals surface area contributed by atoms with E-state index >= 15 is 0 Å². The monoisotopic (exact) mass is 233 g/mol. The van der Waals surface area contributed by atoms with Gasteiger partial charge in [0.25, 0.3) is 5.91 Å². The van der Waals surface area contributed by atoms with Gasteiger partial charge in [0.2, 0.25) is 0 Å². The molecule has 0 saturated heterocycles. The molecule has 17 heavy (non-hydrogen) atoms. The molecule has 2 rings (SSSR count). The molecule has 0 spiro atoms. The maximum absolute atomic E-state index is 12.1. The summed E-state index contributed by atoms with van der Waals surface area (Å²) in [6.45, 7) is 2.42. The number of nitrogens with zero attached hydrogens (tertiary/aromatic N) is 2. The van der Waals surface area contributed by atoms with Crippen LogP contribution in [0.3, 0.4) is 0 Å². The van der Waals surface area contributed by atoms with E-state index in [-0.39, 0.29) is 5.91 Å². The van der Waals surface area contributed by atoms with Gasteiger partial charge in [0.05, 0.1) is 18.4 Å². The second-order valence-electron chi connectivity index (χ2n) is 3.81. The molecular formula is C12H15N3O2. The number of nitrogens with one attached hydrogen (secondary N) is 1. The van der Waals surface area contributed by atoms with E-state index in [2.05, 4.69) is 9.97 Å². The lowest BCUT2D eigenvalue weighted by atomic mass is 10.2. The molecule has 0 radical (unpaired) electrons. The fourth-order valence-corrected chi connectivity index (χ4v) is 1.69. The third-order valence-corrected chi connectivity index (χ3v) is 2.59. The minimum Gasteiger partial charge on any atom is -0.469 e. The summed E-state index contributed by atoms with van der Waals surface area (Å²) in [5.74, 6) is 1.44. The lowest BCUT2D eigenvalue weighted by Gasteiger charge is -2.15. The first kappa shape index (κ1) is 11.4. The number of aryl methyl sites for hydroxylation is 1. The fraction of sp³-hybridized carbons (Fsp3) is 0.333. The van der Waals surface area contributed by atoms with Crippen LogP contribution in [0.1, 0.15) is 28.9 Å². The average molecular weight is 233 g/mol. The molecule has 0 atom stereocenters. The largest absolute Gasteiger partial charge is 0.469 e. The van der Waals surface area contributed by atoms with Crippen molar-refractivity contribution in [2.75, 3.05) is 7.05 Å². The first-order valence-electron chi connectivity index (χ1n) is 5.52. The van der Waals surface area contributed by atoms with E-state index in [4.69, 9.17) is 4.42 Å². The van der Waals surface area contributed by atoms with Crippen molar-refractivity contribution in [1.82, 2.24) is 14.9 Å². The van der Waals surface area contributed by atoms with Gasteiger partial charge in [0.1, 0.15) is 11.6 Å². The number of amides is 1. The van der Waals surface area contributed by atoms with Gasteiger partial charge in [-0.15, -0.1) is 0 Å². The highest BCUT2D eigenvalue weighted by Crippen LogP contribution is 2.14. The summed E-state index contributed by atoms with van der Waals surface area (Å²) < 4.78 is 5.25. The van der Waals surface area contributed by atoms with Gasteiger partial charge in [0, 0.05) is 25.9 Å². The summed E-state index contributed by atoms with van der Waals surface area (Å²) >= 11 is 0. The summed E-state index contributed by atoms with van der Waals surface area (Å²) in [6.07, 6.45) is 5.67. The van der Waals surface area contributed by atoms with E-state index in [1.165, 1.54) is 0 Å². The maximum Gasteiger partial charge on any atom is 0.257 e. The highest BCUT2D eigenvalue weighted by Gasteiger charge is 2.17. The molecule has 0 unspecified atom stereocenters. The Balaban J connectivity index is 2.09. The number of aromatic nitrogens is 2. The van der Waals surface area contributed by atoms with Crippen molar-refractivity contribution >= 4 is 5.91 Å². The maximum atomic E-state index is 12.1. The highest BCUT2D eigenvalue weighted by molar-refractivity contribution is 5.94. The number of rotatable bonds is 4. The van der Waals surface area contributed by atoms with Crippen molar-refractivity contribution in [3.8, 4) is 0 Å². The van der Waals surface area contributed by atoms with Gasteiger partial charge in [-0.1, -0.05) is 6.92 Å². The van der Waals surface area contributed by atoms with Crippen LogP contribution in [0, 0.1) is 0 Å². The molecule has 90 valence electrons. The zero-order valence-corrected chi connectivity index (χ0v) is 9.93. The lowest BCUT2D eigenvalue weighted by Crippen LogP contribution is -2.27.